The number of nitrogens with zero attached hydrogens (tertiary/aromatic N) is 1. The summed E-state index contributed by atoms with van der Waals surface area (Å²) in [5.41, 5.74) is -1.02. The third kappa shape index (κ3) is 3.95. The monoisotopic (exact) mass is 374 g/mol. The minimum Gasteiger partial charge on any atom is -0.455 e. The number of fused-ring (bicyclic) bond motifs is 2. The van der Waals surface area contributed by atoms with Crippen molar-refractivity contribution >= 4 is 29.3 Å². The normalized spacial score (nSPS) is 24.4. The molecule has 1 N–H and O–H groups in total. The molecule has 134 valence electrons. The molecule has 1 heterocycles. The molecule has 3 rings (SSSR count). The number of nitrogens with one attached hydrogen (secondary N) is 1. The molecule has 1 fully saturated rings. The molecular formula is C16H14ClF3N2O3. The molecule has 2 aliphatic rings. The van der Waals surface area contributed by atoms with Gasteiger partial charge in [-0.2, -0.15) is 13.2 Å². The van der Waals surface area contributed by atoms with Crippen LogP contribution in [0.25, 0.3) is 0 Å². The molecule has 0 aliphatic heterocycles. The quantitative estimate of drug-likeness (QED) is 0.647. The molecule has 0 radical (unpaired) electrons. The molecule has 1 amide bonds. The van der Waals surface area contributed by atoms with Crippen LogP contribution in [0.15, 0.2) is 24.4 Å². The van der Waals surface area contributed by atoms with Crippen LogP contribution in [0.4, 0.5) is 19.0 Å². The van der Waals surface area contributed by atoms with Crippen LogP contribution in [0.3, 0.4) is 0 Å². The van der Waals surface area contributed by atoms with Crippen LogP contribution < -0.4 is 5.32 Å². The number of halogens is 4. The number of anilines is 1. The Bertz CT molecular complexity index is 736. The van der Waals surface area contributed by atoms with E-state index in [-0.39, 0.29) is 22.7 Å². The Hall–Kier alpha value is -2.09. The lowest BCUT2D eigenvalue weighted by Crippen LogP contribution is -2.27. The molecule has 2 aliphatic carbocycles. The van der Waals surface area contributed by atoms with Crippen LogP contribution in [0.2, 0.25) is 5.02 Å². The zero-order valence-corrected chi connectivity index (χ0v) is 13.6. The molecule has 1 aromatic heterocycles. The number of alkyl halides is 3. The molecule has 5 nitrogen and oxygen atoms in total. The van der Waals surface area contributed by atoms with E-state index in [9.17, 15) is 22.8 Å². The van der Waals surface area contributed by atoms with Crippen molar-refractivity contribution in [2.45, 2.75) is 19.0 Å². The number of amides is 1. The number of hydrogen-bond acceptors (Lipinski definition) is 4. The van der Waals surface area contributed by atoms with Gasteiger partial charge in [0.1, 0.15) is 0 Å². The van der Waals surface area contributed by atoms with Gasteiger partial charge in [0, 0.05) is 6.20 Å². The van der Waals surface area contributed by atoms with Gasteiger partial charge in [0.2, 0.25) is 0 Å². The molecule has 25 heavy (non-hydrogen) atoms. The lowest BCUT2D eigenvalue weighted by molar-refractivity contribution is -0.152. The van der Waals surface area contributed by atoms with E-state index >= 15 is 0 Å². The fraction of sp³-hybridized carbons (Fsp3) is 0.438. The van der Waals surface area contributed by atoms with Crippen molar-refractivity contribution in [1.82, 2.24) is 4.98 Å². The van der Waals surface area contributed by atoms with Crippen molar-refractivity contribution < 1.29 is 27.5 Å². The maximum absolute atomic E-state index is 12.5. The van der Waals surface area contributed by atoms with E-state index < -0.39 is 30.2 Å². The van der Waals surface area contributed by atoms with Gasteiger partial charge in [-0.05, 0) is 30.7 Å². The van der Waals surface area contributed by atoms with Crippen LogP contribution in [-0.2, 0) is 20.5 Å². The summed E-state index contributed by atoms with van der Waals surface area (Å²) >= 11 is 5.70. The second kappa shape index (κ2) is 6.67. The number of carbonyl (C=O) groups excluding carboxylic acids is 2. The fourth-order valence-corrected chi connectivity index (χ4v) is 3.36. The first kappa shape index (κ1) is 17.7. The number of esters is 1. The van der Waals surface area contributed by atoms with Gasteiger partial charge in [0.05, 0.1) is 16.5 Å². The molecule has 0 spiro atoms. The number of pyridine rings is 1. The van der Waals surface area contributed by atoms with Gasteiger partial charge in [-0.25, -0.2) is 4.98 Å². The molecule has 3 atom stereocenters. The van der Waals surface area contributed by atoms with E-state index in [0.717, 1.165) is 6.42 Å². The number of aromatic nitrogens is 1. The molecule has 3 unspecified atom stereocenters. The largest absolute Gasteiger partial charge is 0.455 e. The zero-order valence-electron chi connectivity index (χ0n) is 12.8. The second-order valence-electron chi connectivity index (χ2n) is 6.09. The first-order valence-electron chi connectivity index (χ1n) is 7.61. The Morgan fingerprint density at radius 1 is 1.32 bits per heavy atom. The number of rotatable bonds is 4. The number of allylic oxidation sites excluding steroid dienone is 2. The molecule has 0 saturated heterocycles. The average Bonchev–Trinajstić information content (AvgIpc) is 3.16. The SMILES string of the molecule is O=C(COC(=O)C1CC2C=CC1C2)Nc1ncc(C(F)(F)F)cc1Cl. The Balaban J connectivity index is 1.53. The van der Waals surface area contributed by atoms with Crippen molar-refractivity contribution in [2.75, 3.05) is 11.9 Å². The summed E-state index contributed by atoms with van der Waals surface area (Å²) in [5.74, 6) is -1.08. The van der Waals surface area contributed by atoms with E-state index in [0.29, 0.717) is 24.6 Å². The number of ether oxygens (including phenoxy) is 1. The summed E-state index contributed by atoms with van der Waals surface area (Å²) in [5, 5.41) is 1.87. The Labute approximate surface area is 146 Å². The highest BCUT2D eigenvalue weighted by Gasteiger charge is 2.40. The third-order valence-corrected chi connectivity index (χ3v) is 4.64. The topological polar surface area (TPSA) is 68.3 Å². The van der Waals surface area contributed by atoms with E-state index in [2.05, 4.69) is 16.4 Å². The number of carbonyl (C=O) groups is 2. The maximum atomic E-state index is 12.5. The zero-order chi connectivity index (χ0) is 18.2. The van der Waals surface area contributed by atoms with E-state index in [1.165, 1.54) is 0 Å². The Kier molecular flexibility index (Phi) is 4.73. The van der Waals surface area contributed by atoms with E-state index in [1.54, 1.807) is 0 Å². The Morgan fingerprint density at radius 3 is 2.64 bits per heavy atom. The lowest BCUT2D eigenvalue weighted by Gasteiger charge is -2.16. The molecule has 1 aromatic rings. The minimum atomic E-state index is -4.58. The third-order valence-electron chi connectivity index (χ3n) is 4.35. The van der Waals surface area contributed by atoms with Gasteiger partial charge in [-0.1, -0.05) is 23.8 Å². The summed E-state index contributed by atoms with van der Waals surface area (Å²) in [6.07, 6.45) is 1.70. The van der Waals surface area contributed by atoms with Crippen molar-refractivity contribution in [1.29, 1.82) is 0 Å². The van der Waals surface area contributed by atoms with Crippen LogP contribution >= 0.6 is 11.6 Å². The van der Waals surface area contributed by atoms with E-state index in [4.69, 9.17) is 16.3 Å². The molecule has 0 aromatic carbocycles. The van der Waals surface area contributed by atoms with Gasteiger partial charge in [-0.15, -0.1) is 0 Å². The molecule has 9 heteroatoms. The fourth-order valence-electron chi connectivity index (χ4n) is 3.15. The lowest BCUT2D eigenvalue weighted by atomic mass is 9.94. The standard InChI is InChI=1S/C16H14ClF3N2O3/c17-12-5-10(16(18,19)20)6-21-14(12)22-13(23)7-25-15(24)11-4-8-1-2-9(11)3-8/h1-2,5-6,8-9,11H,3-4,7H2,(H,21,22,23). The summed E-state index contributed by atoms with van der Waals surface area (Å²) in [6, 6.07) is 0.664. The van der Waals surface area contributed by atoms with Crippen molar-refractivity contribution in [3.63, 3.8) is 0 Å². The Morgan fingerprint density at radius 2 is 2.08 bits per heavy atom. The van der Waals surface area contributed by atoms with Crippen molar-refractivity contribution in [3.05, 3.63) is 35.0 Å². The maximum Gasteiger partial charge on any atom is 0.417 e. The first-order valence-corrected chi connectivity index (χ1v) is 7.99. The van der Waals surface area contributed by atoms with Crippen LogP contribution in [0, 0.1) is 17.8 Å². The van der Waals surface area contributed by atoms with Gasteiger partial charge in [-0.3, -0.25) is 9.59 Å². The summed E-state index contributed by atoms with van der Waals surface area (Å²) < 4.78 is 42.6. The molecule has 1 saturated carbocycles. The minimum absolute atomic E-state index is 0.159. The van der Waals surface area contributed by atoms with Crippen molar-refractivity contribution in [2.24, 2.45) is 17.8 Å². The highest BCUT2D eigenvalue weighted by atomic mass is 35.5. The van der Waals surface area contributed by atoms with Crippen LogP contribution in [0.5, 0.6) is 0 Å². The summed E-state index contributed by atoms with van der Waals surface area (Å²) in [6.45, 7) is -0.546. The summed E-state index contributed by atoms with van der Waals surface area (Å²) in [4.78, 5) is 27.3. The van der Waals surface area contributed by atoms with Gasteiger partial charge >= 0.3 is 12.1 Å². The highest BCUT2D eigenvalue weighted by Crippen LogP contribution is 2.43. The average molecular weight is 375 g/mol. The summed E-state index contributed by atoms with van der Waals surface area (Å²) in [7, 11) is 0. The predicted octanol–water partition coefficient (Wildman–Crippen LogP) is 3.45. The van der Waals surface area contributed by atoms with Crippen LogP contribution in [0.1, 0.15) is 18.4 Å². The highest BCUT2D eigenvalue weighted by molar-refractivity contribution is 6.33. The van der Waals surface area contributed by atoms with Gasteiger partial charge in [0.15, 0.2) is 12.4 Å². The van der Waals surface area contributed by atoms with Crippen molar-refractivity contribution in [3.8, 4) is 0 Å². The first-order chi connectivity index (χ1) is 11.7. The second-order valence-corrected chi connectivity index (χ2v) is 6.50. The predicted molar refractivity (Wildman–Crippen MR) is 82.7 cm³/mol. The van der Waals surface area contributed by atoms with Gasteiger partial charge in [0.25, 0.3) is 5.91 Å². The van der Waals surface area contributed by atoms with Gasteiger partial charge < -0.3 is 10.1 Å². The van der Waals surface area contributed by atoms with Crippen LogP contribution in [-0.4, -0.2) is 23.5 Å². The van der Waals surface area contributed by atoms with E-state index in [1.807, 2.05) is 6.08 Å². The molecular weight excluding hydrogens is 361 g/mol. The number of hydrogen-bond donors (Lipinski definition) is 1. The smallest absolute Gasteiger partial charge is 0.417 e. The molecule has 2 bridgehead atoms.